The molecule has 1 fully saturated rings. The number of ether oxygens (including phenoxy) is 1. The molecule has 3 amide bonds. The highest BCUT2D eigenvalue weighted by Crippen LogP contribution is 2.22. The van der Waals surface area contributed by atoms with E-state index in [0.717, 1.165) is 4.90 Å². The highest BCUT2D eigenvalue weighted by atomic mass is 16.5. The van der Waals surface area contributed by atoms with Gasteiger partial charge in [-0.25, -0.2) is 4.79 Å². The Labute approximate surface area is 120 Å². The highest BCUT2D eigenvalue weighted by Gasteiger charge is 2.30. The Morgan fingerprint density at radius 3 is 2.24 bits per heavy atom. The van der Waals surface area contributed by atoms with Crippen LogP contribution in [0.15, 0.2) is 24.3 Å². The third-order valence-corrected chi connectivity index (χ3v) is 3.03. The zero-order chi connectivity index (χ0) is 15.4. The molecule has 0 radical (unpaired) electrons. The number of hydrogen-bond acceptors (Lipinski definition) is 5. The number of nitrogens with zero attached hydrogens (tertiary/aromatic N) is 1. The summed E-state index contributed by atoms with van der Waals surface area (Å²) in [6.07, 6.45) is 0.406. The maximum absolute atomic E-state index is 11.7. The van der Waals surface area contributed by atoms with E-state index in [1.165, 1.54) is 31.3 Å². The minimum absolute atomic E-state index is 0.203. The Morgan fingerprint density at radius 1 is 1.14 bits per heavy atom. The number of carbonyl (C=O) groups excluding carboxylic acids is 4. The SMILES string of the molecule is CNC(=O)COC(=O)c1ccc(N2C(=O)CCC2=O)cc1. The second-order valence-corrected chi connectivity index (χ2v) is 4.42. The second kappa shape index (κ2) is 6.17. The van der Waals surface area contributed by atoms with Gasteiger partial charge in [0.1, 0.15) is 0 Å². The van der Waals surface area contributed by atoms with Gasteiger partial charge >= 0.3 is 5.97 Å². The molecule has 0 aliphatic carbocycles. The molecule has 1 aromatic carbocycles. The van der Waals surface area contributed by atoms with Crippen molar-refractivity contribution in [3.63, 3.8) is 0 Å². The second-order valence-electron chi connectivity index (χ2n) is 4.42. The number of likely N-dealkylation sites (N-methyl/N-ethyl adjacent to an activating group) is 1. The first kappa shape index (κ1) is 14.7. The van der Waals surface area contributed by atoms with E-state index in [4.69, 9.17) is 4.74 Å². The number of rotatable bonds is 4. The summed E-state index contributed by atoms with van der Waals surface area (Å²) in [5.41, 5.74) is 0.659. The van der Waals surface area contributed by atoms with Crippen LogP contribution in [0.5, 0.6) is 0 Å². The lowest BCUT2D eigenvalue weighted by atomic mass is 10.2. The van der Waals surface area contributed by atoms with Crippen LogP contribution in [0.25, 0.3) is 0 Å². The molecule has 0 aromatic heterocycles. The number of amides is 3. The Hall–Kier alpha value is -2.70. The van der Waals surface area contributed by atoms with Crippen LogP contribution in [0.1, 0.15) is 23.2 Å². The summed E-state index contributed by atoms with van der Waals surface area (Å²) in [4.78, 5) is 46.9. The van der Waals surface area contributed by atoms with Crippen LogP contribution in [-0.2, 0) is 19.1 Å². The van der Waals surface area contributed by atoms with Gasteiger partial charge in [0.15, 0.2) is 6.61 Å². The molecule has 110 valence electrons. The zero-order valence-corrected chi connectivity index (χ0v) is 11.4. The predicted octanol–water partition coefficient (Wildman–Crippen LogP) is 0.243. The number of anilines is 1. The maximum Gasteiger partial charge on any atom is 0.338 e. The molecule has 0 unspecified atom stereocenters. The largest absolute Gasteiger partial charge is 0.452 e. The fourth-order valence-electron chi connectivity index (χ4n) is 1.90. The van der Waals surface area contributed by atoms with Gasteiger partial charge in [-0.3, -0.25) is 19.3 Å². The normalized spacial score (nSPS) is 14.2. The van der Waals surface area contributed by atoms with Gasteiger partial charge in [-0.05, 0) is 24.3 Å². The van der Waals surface area contributed by atoms with Crippen molar-refractivity contribution in [2.75, 3.05) is 18.6 Å². The van der Waals surface area contributed by atoms with E-state index in [-0.39, 0.29) is 36.8 Å². The van der Waals surface area contributed by atoms with Crippen LogP contribution >= 0.6 is 0 Å². The first-order valence-corrected chi connectivity index (χ1v) is 6.36. The molecule has 0 spiro atoms. The average Bonchev–Trinajstić information content (AvgIpc) is 2.83. The Bertz CT molecular complexity index is 578. The fraction of sp³-hybridized carbons (Fsp3) is 0.286. The van der Waals surface area contributed by atoms with Crippen LogP contribution < -0.4 is 10.2 Å². The molecule has 1 saturated heterocycles. The third kappa shape index (κ3) is 3.25. The summed E-state index contributed by atoms with van der Waals surface area (Å²) in [5.74, 6) is -1.57. The molecule has 7 nitrogen and oxygen atoms in total. The van der Waals surface area contributed by atoms with Gasteiger partial charge in [-0.15, -0.1) is 0 Å². The quantitative estimate of drug-likeness (QED) is 0.633. The van der Waals surface area contributed by atoms with Gasteiger partial charge in [0, 0.05) is 19.9 Å². The number of carbonyl (C=O) groups is 4. The first-order valence-electron chi connectivity index (χ1n) is 6.36. The molecule has 1 aromatic rings. The minimum atomic E-state index is -0.649. The van der Waals surface area contributed by atoms with Gasteiger partial charge < -0.3 is 10.1 Å². The van der Waals surface area contributed by atoms with Crippen molar-refractivity contribution in [2.45, 2.75) is 12.8 Å². The van der Waals surface area contributed by atoms with Crippen LogP contribution in [0.4, 0.5) is 5.69 Å². The van der Waals surface area contributed by atoms with Crippen LogP contribution in [-0.4, -0.2) is 37.3 Å². The molecule has 0 atom stereocenters. The predicted molar refractivity (Wildman–Crippen MR) is 72.5 cm³/mol. The van der Waals surface area contributed by atoms with E-state index in [9.17, 15) is 19.2 Å². The van der Waals surface area contributed by atoms with E-state index in [0.29, 0.717) is 5.69 Å². The number of hydrogen-bond donors (Lipinski definition) is 1. The van der Waals surface area contributed by atoms with Crippen LogP contribution in [0, 0.1) is 0 Å². The van der Waals surface area contributed by atoms with Crippen LogP contribution in [0.3, 0.4) is 0 Å². The van der Waals surface area contributed by atoms with Crippen molar-refractivity contribution in [1.29, 1.82) is 0 Å². The molecule has 1 aliphatic heterocycles. The van der Waals surface area contributed by atoms with Crippen LogP contribution in [0.2, 0.25) is 0 Å². The summed E-state index contributed by atoms with van der Waals surface area (Å²) in [7, 11) is 1.44. The lowest BCUT2D eigenvalue weighted by molar-refractivity contribution is -0.124. The maximum atomic E-state index is 11.7. The molecule has 0 bridgehead atoms. The van der Waals surface area contributed by atoms with Gasteiger partial charge in [0.25, 0.3) is 5.91 Å². The van der Waals surface area contributed by atoms with Crippen molar-refractivity contribution in [3.8, 4) is 0 Å². The smallest absolute Gasteiger partial charge is 0.338 e. The van der Waals surface area contributed by atoms with Gasteiger partial charge in [-0.1, -0.05) is 0 Å². The van der Waals surface area contributed by atoms with Gasteiger partial charge in [0.05, 0.1) is 11.3 Å². The van der Waals surface area contributed by atoms with Gasteiger partial charge in [-0.2, -0.15) is 0 Å². The fourth-order valence-corrected chi connectivity index (χ4v) is 1.90. The molecule has 1 aliphatic rings. The molecule has 0 saturated carbocycles. The van der Waals surface area contributed by atoms with Gasteiger partial charge in [0.2, 0.25) is 11.8 Å². The Morgan fingerprint density at radius 2 is 1.71 bits per heavy atom. The van der Waals surface area contributed by atoms with E-state index in [2.05, 4.69) is 5.32 Å². The monoisotopic (exact) mass is 290 g/mol. The van der Waals surface area contributed by atoms with Crippen molar-refractivity contribution >= 4 is 29.4 Å². The average molecular weight is 290 g/mol. The molecule has 1 heterocycles. The zero-order valence-electron chi connectivity index (χ0n) is 11.4. The van der Waals surface area contributed by atoms with Crippen molar-refractivity contribution in [3.05, 3.63) is 29.8 Å². The lowest BCUT2D eigenvalue weighted by Crippen LogP contribution is -2.28. The molecular formula is C14H14N2O5. The molecule has 7 heteroatoms. The summed E-state index contributed by atoms with van der Waals surface area (Å²) < 4.78 is 4.79. The van der Waals surface area contributed by atoms with E-state index >= 15 is 0 Å². The van der Waals surface area contributed by atoms with Crippen molar-refractivity contribution in [1.82, 2.24) is 5.32 Å². The molecular weight excluding hydrogens is 276 g/mol. The van der Waals surface area contributed by atoms with Crippen molar-refractivity contribution < 1.29 is 23.9 Å². The number of esters is 1. The minimum Gasteiger partial charge on any atom is -0.452 e. The topological polar surface area (TPSA) is 92.8 Å². The summed E-state index contributed by atoms with van der Waals surface area (Å²) in [5, 5.41) is 2.33. The van der Waals surface area contributed by atoms with E-state index in [1.807, 2.05) is 0 Å². The lowest BCUT2D eigenvalue weighted by Gasteiger charge is -2.13. The standard InChI is InChI=1S/C14H14N2O5/c1-15-11(17)8-21-14(20)9-2-4-10(5-3-9)16-12(18)6-7-13(16)19/h2-5H,6-8H2,1H3,(H,15,17). The highest BCUT2D eigenvalue weighted by molar-refractivity contribution is 6.19. The Kier molecular flexibility index (Phi) is 4.32. The first-order chi connectivity index (χ1) is 10.0. The van der Waals surface area contributed by atoms with Crippen molar-refractivity contribution in [2.24, 2.45) is 0 Å². The number of nitrogens with one attached hydrogen (secondary N) is 1. The van der Waals surface area contributed by atoms with E-state index < -0.39 is 11.9 Å². The van der Waals surface area contributed by atoms with E-state index in [1.54, 1.807) is 0 Å². The summed E-state index contributed by atoms with van der Waals surface area (Å²) in [6.45, 7) is -0.361. The summed E-state index contributed by atoms with van der Waals surface area (Å²) in [6, 6.07) is 5.88. The molecule has 1 N–H and O–H groups in total. The Balaban J connectivity index is 2.05. The summed E-state index contributed by atoms with van der Waals surface area (Å²) >= 11 is 0. The molecule has 2 rings (SSSR count). The molecule has 21 heavy (non-hydrogen) atoms. The number of imide groups is 1. The number of benzene rings is 1. The third-order valence-electron chi connectivity index (χ3n) is 3.03.